The van der Waals surface area contributed by atoms with Gasteiger partial charge in [-0.3, -0.25) is 38.4 Å². The molecule has 4 saturated heterocycles. The first-order valence-electron chi connectivity index (χ1n) is 29.3. The molecule has 29 N–H and O–H groups in total. The predicted molar refractivity (Wildman–Crippen MR) is 325 cm³/mol. The number of carboxylic acids is 4. The smallest absolute Gasteiger partial charge is 0.451 e. The minimum atomic E-state index is -4.61. The predicted octanol–water partition coefficient (Wildman–Crippen LogP) is -8.04. The lowest BCUT2D eigenvalue weighted by molar-refractivity contribution is -0.152. The Bertz CT molecular complexity index is 2370. The molecular weight excluding hydrogens is 1240 g/mol. The lowest BCUT2D eigenvalue weighted by atomic mass is 9.78. The number of carbonyl (C=O) groups excluding carboxylic acids is 4. The van der Waals surface area contributed by atoms with Crippen LogP contribution in [-0.4, -0.2) is 298 Å². The van der Waals surface area contributed by atoms with Crippen molar-refractivity contribution in [2.45, 2.75) is 155 Å². The number of rotatable bonds is 31. The highest BCUT2D eigenvalue weighted by Crippen LogP contribution is 2.35. The number of hydrogen-bond donors (Lipinski definition) is 21. The minimum Gasteiger partial charge on any atom is -0.480 e. The summed E-state index contributed by atoms with van der Waals surface area (Å²) in [4.78, 5) is 99.6. The quantitative estimate of drug-likeness (QED) is 0.0287. The summed E-state index contributed by atoms with van der Waals surface area (Å²) in [7, 11) is -4.46. The molecule has 4 aliphatic heterocycles. The molecule has 4 amide bonds. The van der Waals surface area contributed by atoms with E-state index in [4.69, 9.17) is 90.8 Å². The fourth-order valence-electron chi connectivity index (χ4n) is 11.1. The lowest BCUT2D eigenvalue weighted by Crippen LogP contribution is -2.56. The van der Waals surface area contributed by atoms with Crippen molar-refractivity contribution >= 4 is 87.7 Å². The van der Waals surface area contributed by atoms with Gasteiger partial charge in [0.15, 0.2) is 0 Å². The Hall–Kier alpha value is -4.56. The van der Waals surface area contributed by atoms with E-state index in [1.54, 1.807) is 11.8 Å². The Labute approximate surface area is 530 Å². The molecule has 522 valence electrons. The fraction of sp³-hybridized carbons (Fsp3) is 0.837. The number of ether oxygens (including phenoxy) is 1. The highest BCUT2D eigenvalue weighted by atomic mass is 32.2. The van der Waals surface area contributed by atoms with E-state index >= 15 is 0 Å². The summed E-state index contributed by atoms with van der Waals surface area (Å²) in [6, 6.07) is -4.46. The summed E-state index contributed by atoms with van der Waals surface area (Å²) in [6.45, 7) is 0.987. The monoisotopic (exact) mass is 1340 g/mol. The second-order valence-corrected chi connectivity index (χ2v) is 24.8. The van der Waals surface area contributed by atoms with E-state index in [0.29, 0.717) is 44.9 Å². The number of carbonyl (C=O) groups is 8. The van der Waals surface area contributed by atoms with Crippen LogP contribution in [0, 0.1) is 23.7 Å². The number of aliphatic hydroxyl groups is 1. The molecule has 0 bridgehead atoms. The first kappa shape index (κ1) is 84.5. The molecule has 0 saturated carbocycles. The Kier molecular flexibility index (Phi) is 35.4. The number of nitrogens with zero attached hydrogens (tertiary/aromatic N) is 4. The Morgan fingerprint density at radius 1 is 0.516 bits per heavy atom. The van der Waals surface area contributed by atoms with Gasteiger partial charge < -0.3 is 136 Å². The molecule has 0 aromatic carbocycles. The summed E-state index contributed by atoms with van der Waals surface area (Å²) < 4.78 is 41.8. The molecule has 0 aliphatic carbocycles. The summed E-state index contributed by atoms with van der Waals surface area (Å²) in [5.74, 6) is -8.56. The zero-order chi connectivity index (χ0) is 70.3. The van der Waals surface area contributed by atoms with Gasteiger partial charge in [0.2, 0.25) is 23.6 Å². The van der Waals surface area contributed by atoms with Gasteiger partial charge in [0.1, 0.15) is 34.2 Å². The van der Waals surface area contributed by atoms with E-state index < -0.39 is 165 Å². The van der Waals surface area contributed by atoms with Crippen LogP contribution in [0.5, 0.6) is 0 Å². The van der Waals surface area contributed by atoms with Crippen LogP contribution in [0.2, 0.25) is 25.3 Å². The molecule has 1 unspecified atom stereocenters. The van der Waals surface area contributed by atoms with E-state index in [-0.39, 0.29) is 96.4 Å². The van der Waals surface area contributed by atoms with Gasteiger partial charge in [0.05, 0.1) is 31.2 Å². The standard InChI is InChI=1S/C13H26BN3O5S.C12H21BF3N3O5.2C12H24BN3O6/c1-23-6-4-10(15)11(18)17-7-9(3-2-5-14(21)22)13(16,8-17)12(19)20;14-12(15,16)4-8(17)9(20)19-5-7(2-1-3-13(23)24)11(18,6-19)10(21)22;1-22-6-9(14)10(17)16-5-8(3-2-4-13(20)21)12(15,7-16)11(18)19;1-7(17)9(14)10(18)16-5-8(3-2-4-13(21)22)12(15,6-16)11(19)20/h9-10,21-22H,2-8,15-16H2,1H3,(H,19,20);7-8,23-24H,1-6,17-18H2,(H,21,22);8-9,20-21H,2-7,14-15H2,1H3,(H,18,19);7-9,17,21-22H,2-6,14-15H2,1H3,(H,19,20)/t9-,10-,13-;7-,8?,11-;8-,9-,12-;7-,8+,9+,12+/m0001/s1. The van der Waals surface area contributed by atoms with Gasteiger partial charge in [-0.2, -0.15) is 24.9 Å². The molecule has 0 aromatic rings. The van der Waals surface area contributed by atoms with Crippen LogP contribution in [0.1, 0.15) is 71.1 Å². The van der Waals surface area contributed by atoms with Crippen LogP contribution in [-0.2, 0) is 43.1 Å². The first-order valence-corrected chi connectivity index (χ1v) is 30.7. The Morgan fingerprint density at radius 2 is 0.780 bits per heavy atom. The van der Waals surface area contributed by atoms with E-state index in [9.17, 15) is 77.1 Å². The molecule has 13 atom stereocenters. The number of aliphatic hydroxyl groups excluding tert-OH is 1. The van der Waals surface area contributed by atoms with Crippen LogP contribution in [0.3, 0.4) is 0 Å². The van der Waals surface area contributed by atoms with Crippen molar-refractivity contribution in [2.24, 2.45) is 69.5 Å². The molecule has 34 nitrogen and oxygen atoms in total. The maximum atomic E-state index is 12.4. The minimum absolute atomic E-state index is 0.00622. The van der Waals surface area contributed by atoms with Gasteiger partial charge >= 0.3 is 58.5 Å². The topological polar surface area (TPSA) is 630 Å². The van der Waals surface area contributed by atoms with Crippen molar-refractivity contribution in [3.05, 3.63) is 0 Å². The Morgan fingerprint density at radius 3 is 1.01 bits per heavy atom. The molecule has 4 rings (SSSR count). The second kappa shape index (κ2) is 38.1. The lowest BCUT2D eigenvalue weighted by Gasteiger charge is -2.25. The first-order chi connectivity index (χ1) is 41.9. The highest BCUT2D eigenvalue weighted by Gasteiger charge is 2.55. The zero-order valence-electron chi connectivity index (χ0n) is 51.4. The second-order valence-electron chi connectivity index (χ2n) is 23.8. The largest absolute Gasteiger partial charge is 0.480 e. The summed E-state index contributed by atoms with van der Waals surface area (Å²) in [6.07, 6.45) is -1.59. The molecule has 0 aromatic heterocycles. The van der Waals surface area contributed by atoms with Gasteiger partial charge in [-0.15, -0.1) is 0 Å². The third-order valence-electron chi connectivity index (χ3n) is 16.6. The maximum absolute atomic E-state index is 12.4. The number of aliphatic carboxylic acids is 4. The van der Waals surface area contributed by atoms with Gasteiger partial charge in [0, 0.05) is 83.1 Å². The molecule has 4 fully saturated rings. The summed E-state index contributed by atoms with van der Waals surface area (Å²) >= 11 is 1.59. The van der Waals surface area contributed by atoms with Gasteiger partial charge in [-0.05, 0) is 76.3 Å². The normalized spacial score (nSPS) is 26.1. The number of nitrogens with two attached hydrogens (primary N) is 8. The number of halogens is 3. The summed E-state index contributed by atoms with van der Waals surface area (Å²) in [5.41, 5.74) is 39.7. The molecular formula is C49H95B4F3N12O22S. The fourth-order valence-corrected chi connectivity index (χ4v) is 11.5. The van der Waals surface area contributed by atoms with Gasteiger partial charge in [0.25, 0.3) is 0 Å². The average molecular weight is 1340 g/mol. The third kappa shape index (κ3) is 25.9. The van der Waals surface area contributed by atoms with Crippen molar-refractivity contribution in [3.63, 3.8) is 0 Å². The van der Waals surface area contributed by atoms with Crippen molar-refractivity contribution in [1.82, 2.24) is 19.6 Å². The van der Waals surface area contributed by atoms with Crippen LogP contribution >= 0.6 is 11.8 Å². The molecule has 4 heterocycles. The van der Waals surface area contributed by atoms with E-state index in [2.05, 4.69) is 0 Å². The van der Waals surface area contributed by atoms with Crippen LogP contribution < -0.4 is 45.9 Å². The van der Waals surface area contributed by atoms with E-state index in [1.807, 2.05) is 6.26 Å². The van der Waals surface area contributed by atoms with Crippen LogP contribution in [0.4, 0.5) is 13.2 Å². The molecule has 4 aliphatic rings. The van der Waals surface area contributed by atoms with Crippen LogP contribution in [0.15, 0.2) is 0 Å². The van der Waals surface area contributed by atoms with E-state index in [1.165, 1.54) is 28.7 Å². The molecule has 0 spiro atoms. The third-order valence-corrected chi connectivity index (χ3v) is 17.2. The molecule has 42 heteroatoms. The van der Waals surface area contributed by atoms with Crippen molar-refractivity contribution in [1.29, 1.82) is 0 Å². The number of methoxy groups -OCH3 is 1. The van der Waals surface area contributed by atoms with Crippen molar-refractivity contribution < 1.29 is 122 Å². The van der Waals surface area contributed by atoms with Gasteiger partial charge in [-0.1, -0.05) is 25.7 Å². The maximum Gasteiger partial charge on any atom is 0.451 e. The van der Waals surface area contributed by atoms with Crippen molar-refractivity contribution in [2.75, 3.05) is 78.1 Å². The average Bonchev–Trinajstić information content (AvgIpc) is 1.68. The molecule has 91 heavy (non-hydrogen) atoms. The molecule has 0 radical (unpaired) electrons. The van der Waals surface area contributed by atoms with Gasteiger partial charge in [-0.25, -0.2) is 0 Å². The number of thioether (sulfide) groups is 1. The summed E-state index contributed by atoms with van der Waals surface area (Å²) in [5, 5.41) is 118. The Balaban J connectivity index is 0.000000607. The number of carboxylic acid groups (broad SMARTS) is 4. The van der Waals surface area contributed by atoms with Crippen LogP contribution in [0.25, 0.3) is 0 Å². The number of amides is 4. The zero-order valence-corrected chi connectivity index (χ0v) is 52.2. The number of alkyl halides is 3. The number of hydrogen-bond acceptors (Lipinski definition) is 27. The number of likely N-dealkylation sites (tertiary alicyclic amines) is 4. The van der Waals surface area contributed by atoms with E-state index in [0.717, 1.165) is 10.7 Å². The van der Waals surface area contributed by atoms with Crippen molar-refractivity contribution in [3.8, 4) is 0 Å². The SMILES string of the molecule is COC[C@H](N)C(=O)N1C[C@H](CCCB(O)O)[C@](N)(C(=O)O)C1.CSCC[C@H](N)C(=O)N1C[C@H](CCCB(O)O)[C@](N)(C(=O)O)C1.C[C@@H](O)[C@H](N)C(=O)N1C[C@H](CCCB(O)O)[C@](N)(C(=O)O)C1.NC(CC(F)(F)F)C(=O)N1C[C@H](CCCB(O)O)[C@](N)(C(=O)O)C1. The highest BCUT2D eigenvalue weighted by molar-refractivity contribution is 7.98.